The first-order valence-electron chi connectivity index (χ1n) is 6.68. The Balaban J connectivity index is 1.90. The molecule has 1 aromatic rings. The molecule has 1 aliphatic rings. The van der Waals surface area contributed by atoms with E-state index in [2.05, 4.69) is 48.5 Å². The van der Waals surface area contributed by atoms with Crippen molar-refractivity contribution in [3.05, 3.63) is 10.7 Å². The summed E-state index contributed by atoms with van der Waals surface area (Å²) in [4.78, 5) is 10.8. The molecule has 0 aromatic carbocycles. The maximum Gasteiger partial charge on any atom is 0.239 e. The SMILES string of the molecule is CC(CNc1nc(NN)ncc1Br)N1CCCCC1. The van der Waals surface area contributed by atoms with Crippen molar-refractivity contribution in [2.75, 3.05) is 30.4 Å². The number of anilines is 2. The number of piperidine rings is 1. The van der Waals surface area contributed by atoms with E-state index in [0.29, 0.717) is 12.0 Å². The van der Waals surface area contributed by atoms with Gasteiger partial charge >= 0.3 is 0 Å². The highest BCUT2D eigenvalue weighted by Crippen LogP contribution is 2.20. The molecule has 0 saturated carbocycles. The molecule has 1 saturated heterocycles. The lowest BCUT2D eigenvalue weighted by atomic mass is 10.1. The van der Waals surface area contributed by atoms with E-state index in [9.17, 15) is 0 Å². The van der Waals surface area contributed by atoms with E-state index < -0.39 is 0 Å². The van der Waals surface area contributed by atoms with Gasteiger partial charge in [-0.15, -0.1) is 0 Å². The fourth-order valence-electron chi connectivity index (χ4n) is 2.29. The molecule has 1 unspecified atom stereocenters. The van der Waals surface area contributed by atoms with Crippen molar-refractivity contribution < 1.29 is 0 Å². The lowest BCUT2D eigenvalue weighted by Crippen LogP contribution is -2.41. The monoisotopic (exact) mass is 328 g/mol. The summed E-state index contributed by atoms with van der Waals surface area (Å²) in [6.07, 6.45) is 5.67. The minimum Gasteiger partial charge on any atom is -0.367 e. The highest BCUT2D eigenvalue weighted by atomic mass is 79.9. The number of aromatic nitrogens is 2. The molecule has 2 rings (SSSR count). The van der Waals surface area contributed by atoms with Gasteiger partial charge in [0.05, 0.1) is 4.47 Å². The van der Waals surface area contributed by atoms with Gasteiger partial charge in [0, 0.05) is 18.8 Å². The van der Waals surface area contributed by atoms with Crippen LogP contribution in [-0.2, 0) is 0 Å². The minimum absolute atomic E-state index is 0.413. The van der Waals surface area contributed by atoms with E-state index in [4.69, 9.17) is 5.84 Å². The van der Waals surface area contributed by atoms with Crippen molar-refractivity contribution in [3.63, 3.8) is 0 Å². The first-order chi connectivity index (χ1) is 9.20. The average molecular weight is 329 g/mol. The van der Waals surface area contributed by atoms with Crippen LogP contribution in [-0.4, -0.2) is 40.5 Å². The number of halogens is 1. The maximum atomic E-state index is 5.32. The Morgan fingerprint density at radius 1 is 1.42 bits per heavy atom. The number of hydrogen-bond acceptors (Lipinski definition) is 6. The van der Waals surface area contributed by atoms with Gasteiger partial charge < -0.3 is 5.32 Å². The summed E-state index contributed by atoms with van der Waals surface area (Å²) in [7, 11) is 0. The van der Waals surface area contributed by atoms with Gasteiger partial charge in [0.2, 0.25) is 5.95 Å². The van der Waals surface area contributed by atoms with Gasteiger partial charge in [-0.3, -0.25) is 10.3 Å². The van der Waals surface area contributed by atoms with Crippen LogP contribution in [0, 0.1) is 0 Å². The van der Waals surface area contributed by atoms with Crippen LogP contribution in [0.1, 0.15) is 26.2 Å². The van der Waals surface area contributed by atoms with Crippen LogP contribution in [0.15, 0.2) is 10.7 Å². The van der Waals surface area contributed by atoms with Crippen molar-refractivity contribution in [3.8, 4) is 0 Å². The Morgan fingerprint density at radius 3 is 2.84 bits per heavy atom. The number of nitrogen functional groups attached to an aromatic ring is 1. The van der Waals surface area contributed by atoms with E-state index in [1.807, 2.05) is 0 Å². The molecule has 4 N–H and O–H groups in total. The summed E-state index contributed by atoms with van der Waals surface area (Å²) in [5.74, 6) is 6.50. The van der Waals surface area contributed by atoms with Gasteiger partial charge in [-0.05, 0) is 48.8 Å². The van der Waals surface area contributed by atoms with Crippen molar-refractivity contribution >= 4 is 27.7 Å². The second kappa shape index (κ2) is 7.02. The van der Waals surface area contributed by atoms with Gasteiger partial charge in [-0.2, -0.15) is 4.98 Å². The number of nitrogens with zero attached hydrogens (tertiary/aromatic N) is 3. The molecule has 1 aliphatic heterocycles. The predicted molar refractivity (Wildman–Crippen MR) is 80.9 cm³/mol. The Labute approximate surface area is 122 Å². The summed E-state index contributed by atoms with van der Waals surface area (Å²) in [6, 6.07) is 0.497. The Hall–Kier alpha value is -0.920. The Kier molecular flexibility index (Phi) is 5.35. The van der Waals surface area contributed by atoms with Crippen LogP contribution in [0.2, 0.25) is 0 Å². The maximum absolute atomic E-state index is 5.32. The van der Waals surface area contributed by atoms with E-state index >= 15 is 0 Å². The van der Waals surface area contributed by atoms with Gasteiger partial charge in [-0.1, -0.05) is 6.42 Å². The number of nitrogens with one attached hydrogen (secondary N) is 2. The molecule has 0 spiro atoms. The summed E-state index contributed by atoms with van der Waals surface area (Å²) >= 11 is 3.44. The lowest BCUT2D eigenvalue weighted by molar-refractivity contribution is 0.180. The number of rotatable bonds is 5. The van der Waals surface area contributed by atoms with Crippen molar-refractivity contribution in [2.45, 2.75) is 32.2 Å². The highest BCUT2D eigenvalue weighted by molar-refractivity contribution is 9.10. The van der Waals surface area contributed by atoms with Crippen LogP contribution >= 0.6 is 15.9 Å². The fraction of sp³-hybridized carbons (Fsp3) is 0.667. The van der Waals surface area contributed by atoms with Crippen LogP contribution in [0.25, 0.3) is 0 Å². The van der Waals surface area contributed by atoms with Crippen LogP contribution in [0.4, 0.5) is 11.8 Å². The zero-order chi connectivity index (χ0) is 13.7. The number of likely N-dealkylation sites (tertiary alicyclic amines) is 1. The van der Waals surface area contributed by atoms with Gasteiger partial charge in [0.25, 0.3) is 0 Å². The molecule has 1 fully saturated rings. The largest absolute Gasteiger partial charge is 0.367 e. The van der Waals surface area contributed by atoms with Gasteiger partial charge in [0.15, 0.2) is 0 Å². The first-order valence-corrected chi connectivity index (χ1v) is 7.47. The molecule has 0 bridgehead atoms. The second-order valence-electron chi connectivity index (χ2n) is 4.86. The van der Waals surface area contributed by atoms with E-state index in [-0.39, 0.29) is 0 Å². The summed E-state index contributed by atoms with van der Waals surface area (Å²) in [5, 5.41) is 3.35. The standard InChI is InChI=1S/C12H21BrN6/c1-9(19-5-3-2-4-6-19)7-15-11-10(13)8-16-12(17-11)18-14/h8-9H,2-7,14H2,1H3,(H2,15,16,17,18). The fourth-order valence-corrected chi connectivity index (χ4v) is 2.62. The van der Waals surface area contributed by atoms with E-state index in [1.54, 1.807) is 6.20 Å². The van der Waals surface area contributed by atoms with Gasteiger partial charge in [0.1, 0.15) is 5.82 Å². The Bertz CT molecular complexity index is 407. The topological polar surface area (TPSA) is 79.1 Å². The normalized spacial score (nSPS) is 18.1. The predicted octanol–water partition coefficient (Wildman–Crippen LogP) is 1.81. The molecule has 0 aliphatic carbocycles. The number of hydrogen-bond donors (Lipinski definition) is 3. The van der Waals surface area contributed by atoms with Crippen LogP contribution in [0.5, 0.6) is 0 Å². The Morgan fingerprint density at radius 2 is 2.16 bits per heavy atom. The lowest BCUT2D eigenvalue weighted by Gasteiger charge is -2.32. The zero-order valence-electron chi connectivity index (χ0n) is 11.2. The van der Waals surface area contributed by atoms with Crippen molar-refractivity contribution in [1.29, 1.82) is 0 Å². The molecule has 0 radical (unpaired) electrons. The average Bonchev–Trinajstić information content (AvgIpc) is 2.47. The molecule has 19 heavy (non-hydrogen) atoms. The molecule has 0 amide bonds. The van der Waals surface area contributed by atoms with Crippen LogP contribution in [0.3, 0.4) is 0 Å². The van der Waals surface area contributed by atoms with Crippen molar-refractivity contribution in [2.24, 2.45) is 5.84 Å². The summed E-state index contributed by atoms with van der Waals surface area (Å²) < 4.78 is 0.845. The minimum atomic E-state index is 0.413. The molecular weight excluding hydrogens is 308 g/mol. The van der Waals surface area contributed by atoms with Crippen molar-refractivity contribution in [1.82, 2.24) is 14.9 Å². The van der Waals surface area contributed by atoms with E-state index in [1.165, 1.54) is 32.4 Å². The molecule has 2 heterocycles. The highest BCUT2D eigenvalue weighted by Gasteiger charge is 2.16. The van der Waals surface area contributed by atoms with Crippen LogP contribution < -0.4 is 16.6 Å². The molecule has 106 valence electrons. The zero-order valence-corrected chi connectivity index (χ0v) is 12.8. The third-order valence-electron chi connectivity index (χ3n) is 3.45. The number of nitrogens with two attached hydrogens (primary N) is 1. The smallest absolute Gasteiger partial charge is 0.239 e. The van der Waals surface area contributed by atoms with E-state index in [0.717, 1.165) is 16.8 Å². The number of hydrazine groups is 1. The summed E-state index contributed by atoms with van der Waals surface area (Å²) in [6.45, 7) is 5.50. The molecular formula is C12H21BrN6. The molecule has 1 atom stereocenters. The quantitative estimate of drug-likeness (QED) is 0.565. The first kappa shape index (κ1) is 14.5. The van der Waals surface area contributed by atoms with Gasteiger partial charge in [-0.25, -0.2) is 10.8 Å². The molecule has 7 heteroatoms. The third kappa shape index (κ3) is 4.02. The third-order valence-corrected chi connectivity index (χ3v) is 4.03. The molecule has 6 nitrogen and oxygen atoms in total. The second-order valence-corrected chi connectivity index (χ2v) is 5.72. The summed E-state index contributed by atoms with van der Waals surface area (Å²) in [5.41, 5.74) is 2.45. The molecule has 1 aromatic heterocycles.